The standard InChI is InChI=1S/C29H29FN2O4/c1-19(2)18-36-28-12-11-20(14-29(33)34)13-24(28)25-16-26(21-8-6-9-23(30)15-21)32(31-25)17-22-7-4-5-10-27(22)35-3/h4-13,15-16,19H,14,17-18H2,1-3H3,(H,33,34). The number of methoxy groups -OCH3 is 1. The number of halogens is 1. The molecule has 4 rings (SSSR count). The number of aromatic nitrogens is 2. The summed E-state index contributed by atoms with van der Waals surface area (Å²) in [5.41, 5.74) is 4.24. The number of carboxylic acid groups (broad SMARTS) is 1. The number of carbonyl (C=O) groups is 1. The largest absolute Gasteiger partial charge is 0.496 e. The first-order valence-electron chi connectivity index (χ1n) is 11.8. The molecule has 0 unspecified atom stereocenters. The quantitative estimate of drug-likeness (QED) is 0.293. The molecule has 0 spiro atoms. The number of hydrogen-bond acceptors (Lipinski definition) is 4. The fourth-order valence-corrected chi connectivity index (χ4v) is 3.99. The summed E-state index contributed by atoms with van der Waals surface area (Å²) >= 11 is 0. The van der Waals surface area contributed by atoms with Crippen molar-refractivity contribution in [1.82, 2.24) is 9.78 Å². The van der Waals surface area contributed by atoms with Gasteiger partial charge in [0.1, 0.15) is 17.3 Å². The van der Waals surface area contributed by atoms with Gasteiger partial charge < -0.3 is 14.6 Å². The summed E-state index contributed by atoms with van der Waals surface area (Å²) in [5.74, 6) is 0.389. The van der Waals surface area contributed by atoms with Crippen molar-refractivity contribution in [2.75, 3.05) is 13.7 Å². The minimum Gasteiger partial charge on any atom is -0.496 e. The molecule has 0 saturated heterocycles. The van der Waals surface area contributed by atoms with Gasteiger partial charge in [0.25, 0.3) is 0 Å². The van der Waals surface area contributed by atoms with Crippen LogP contribution in [0.3, 0.4) is 0 Å². The number of rotatable bonds is 10. The average Bonchev–Trinajstić information content (AvgIpc) is 3.26. The first-order valence-corrected chi connectivity index (χ1v) is 11.8. The van der Waals surface area contributed by atoms with Gasteiger partial charge in [-0.25, -0.2) is 4.39 Å². The Kier molecular flexibility index (Phi) is 7.68. The Bertz CT molecular complexity index is 1360. The molecule has 1 aromatic heterocycles. The third kappa shape index (κ3) is 5.92. The van der Waals surface area contributed by atoms with Gasteiger partial charge in [0.05, 0.1) is 38.1 Å². The molecule has 0 fully saturated rings. The molecule has 7 heteroatoms. The van der Waals surface area contributed by atoms with Crippen LogP contribution in [0.1, 0.15) is 25.0 Å². The van der Waals surface area contributed by atoms with Crippen LogP contribution < -0.4 is 9.47 Å². The topological polar surface area (TPSA) is 73.6 Å². The number of para-hydroxylation sites is 1. The van der Waals surface area contributed by atoms with E-state index in [2.05, 4.69) is 13.8 Å². The molecular weight excluding hydrogens is 459 g/mol. The molecule has 1 N–H and O–H groups in total. The van der Waals surface area contributed by atoms with Crippen LogP contribution in [0, 0.1) is 11.7 Å². The molecule has 4 aromatic rings. The van der Waals surface area contributed by atoms with E-state index in [9.17, 15) is 14.3 Å². The van der Waals surface area contributed by atoms with Crippen molar-refractivity contribution < 1.29 is 23.8 Å². The van der Waals surface area contributed by atoms with Crippen LogP contribution in [0.4, 0.5) is 4.39 Å². The monoisotopic (exact) mass is 488 g/mol. The van der Waals surface area contributed by atoms with Crippen molar-refractivity contribution in [2.45, 2.75) is 26.8 Å². The van der Waals surface area contributed by atoms with Crippen LogP contribution in [-0.4, -0.2) is 34.6 Å². The summed E-state index contributed by atoms with van der Waals surface area (Å²) in [7, 11) is 1.62. The number of hydrogen-bond donors (Lipinski definition) is 1. The maximum atomic E-state index is 14.1. The summed E-state index contributed by atoms with van der Waals surface area (Å²) in [4.78, 5) is 11.4. The van der Waals surface area contributed by atoms with Gasteiger partial charge in [0.15, 0.2) is 0 Å². The van der Waals surface area contributed by atoms with Crippen LogP contribution >= 0.6 is 0 Å². The van der Waals surface area contributed by atoms with Gasteiger partial charge in [-0.3, -0.25) is 9.48 Å². The van der Waals surface area contributed by atoms with Gasteiger partial charge in [0.2, 0.25) is 0 Å². The Balaban J connectivity index is 1.85. The van der Waals surface area contributed by atoms with Crippen LogP contribution in [0.2, 0.25) is 0 Å². The van der Waals surface area contributed by atoms with Crippen molar-refractivity contribution in [2.24, 2.45) is 5.92 Å². The number of nitrogens with zero attached hydrogens (tertiary/aromatic N) is 2. The van der Waals surface area contributed by atoms with Crippen LogP contribution in [0.25, 0.3) is 22.5 Å². The minimum atomic E-state index is -0.918. The highest BCUT2D eigenvalue weighted by molar-refractivity contribution is 5.76. The minimum absolute atomic E-state index is 0.115. The molecule has 1 heterocycles. The van der Waals surface area contributed by atoms with Gasteiger partial charge in [0, 0.05) is 16.7 Å². The normalized spacial score (nSPS) is 11.0. The Morgan fingerprint density at radius 2 is 1.83 bits per heavy atom. The maximum Gasteiger partial charge on any atom is 0.307 e. The highest BCUT2D eigenvalue weighted by Crippen LogP contribution is 2.35. The lowest BCUT2D eigenvalue weighted by Crippen LogP contribution is -2.07. The lowest BCUT2D eigenvalue weighted by Gasteiger charge is -2.13. The predicted molar refractivity (Wildman–Crippen MR) is 137 cm³/mol. The molecule has 0 aliphatic heterocycles. The van der Waals surface area contributed by atoms with Crippen LogP contribution in [-0.2, 0) is 17.8 Å². The van der Waals surface area contributed by atoms with E-state index < -0.39 is 5.97 Å². The van der Waals surface area contributed by atoms with Gasteiger partial charge >= 0.3 is 5.97 Å². The lowest BCUT2D eigenvalue weighted by molar-refractivity contribution is -0.136. The number of carboxylic acids is 1. The number of benzene rings is 3. The Labute approximate surface area is 209 Å². The summed E-state index contributed by atoms with van der Waals surface area (Å²) in [6, 6.07) is 21.3. The van der Waals surface area contributed by atoms with E-state index in [0.29, 0.717) is 52.9 Å². The highest BCUT2D eigenvalue weighted by Gasteiger charge is 2.18. The van der Waals surface area contributed by atoms with Gasteiger partial charge in [-0.15, -0.1) is 0 Å². The van der Waals surface area contributed by atoms with Gasteiger partial charge in [-0.1, -0.05) is 50.2 Å². The molecule has 6 nitrogen and oxygen atoms in total. The fourth-order valence-electron chi connectivity index (χ4n) is 3.99. The Morgan fingerprint density at radius 3 is 2.56 bits per heavy atom. The predicted octanol–water partition coefficient (Wildman–Crippen LogP) is 6.08. The smallest absolute Gasteiger partial charge is 0.307 e. The maximum absolute atomic E-state index is 14.1. The van der Waals surface area contributed by atoms with Crippen molar-refractivity contribution in [3.05, 3.63) is 89.7 Å². The molecule has 0 aliphatic carbocycles. The van der Waals surface area contributed by atoms with E-state index in [1.165, 1.54) is 12.1 Å². The molecule has 0 amide bonds. The molecule has 0 aliphatic rings. The zero-order chi connectivity index (χ0) is 25.7. The number of ether oxygens (including phenoxy) is 2. The summed E-state index contributed by atoms with van der Waals surface area (Å²) < 4.78 is 27.5. The molecule has 0 radical (unpaired) electrons. The molecule has 0 bridgehead atoms. The third-order valence-corrected chi connectivity index (χ3v) is 5.66. The zero-order valence-electron chi connectivity index (χ0n) is 20.6. The van der Waals surface area contributed by atoms with E-state index in [0.717, 1.165) is 11.3 Å². The molecular formula is C29H29FN2O4. The second-order valence-corrected chi connectivity index (χ2v) is 9.00. The summed E-state index contributed by atoms with van der Waals surface area (Å²) in [6.45, 7) is 5.02. The molecule has 3 aromatic carbocycles. The van der Waals surface area contributed by atoms with Crippen LogP contribution in [0.5, 0.6) is 11.5 Å². The van der Waals surface area contributed by atoms with Crippen LogP contribution in [0.15, 0.2) is 72.8 Å². The van der Waals surface area contributed by atoms with E-state index in [1.54, 1.807) is 36.1 Å². The molecule has 36 heavy (non-hydrogen) atoms. The van der Waals surface area contributed by atoms with E-state index in [-0.39, 0.29) is 12.2 Å². The van der Waals surface area contributed by atoms with Crippen molar-refractivity contribution in [1.29, 1.82) is 0 Å². The third-order valence-electron chi connectivity index (χ3n) is 5.66. The average molecular weight is 489 g/mol. The Morgan fingerprint density at radius 1 is 1.03 bits per heavy atom. The van der Waals surface area contributed by atoms with Crippen molar-refractivity contribution >= 4 is 5.97 Å². The first kappa shape index (κ1) is 25.0. The summed E-state index contributed by atoms with van der Waals surface area (Å²) in [6.07, 6.45) is -0.115. The second kappa shape index (κ2) is 11.1. The lowest BCUT2D eigenvalue weighted by atomic mass is 10.0. The SMILES string of the molecule is COc1ccccc1Cn1nc(-c2cc(CC(=O)O)ccc2OCC(C)C)cc1-c1cccc(F)c1. The molecule has 0 atom stereocenters. The fraction of sp³-hybridized carbons (Fsp3) is 0.241. The van der Waals surface area contributed by atoms with Gasteiger partial charge in [-0.05, 0) is 47.9 Å². The van der Waals surface area contributed by atoms with Crippen molar-refractivity contribution in [3.8, 4) is 34.0 Å². The van der Waals surface area contributed by atoms with E-state index >= 15 is 0 Å². The van der Waals surface area contributed by atoms with Gasteiger partial charge in [-0.2, -0.15) is 5.10 Å². The van der Waals surface area contributed by atoms with Crippen molar-refractivity contribution in [3.63, 3.8) is 0 Å². The van der Waals surface area contributed by atoms with E-state index in [1.807, 2.05) is 36.4 Å². The second-order valence-electron chi connectivity index (χ2n) is 9.00. The Hall–Kier alpha value is -4.13. The molecule has 186 valence electrons. The summed E-state index contributed by atoms with van der Waals surface area (Å²) in [5, 5.41) is 14.2. The first-order chi connectivity index (χ1) is 17.3. The highest BCUT2D eigenvalue weighted by atomic mass is 19.1. The van der Waals surface area contributed by atoms with E-state index in [4.69, 9.17) is 14.6 Å². The number of aliphatic carboxylic acids is 1. The molecule has 0 saturated carbocycles. The zero-order valence-corrected chi connectivity index (χ0v) is 20.6.